The van der Waals surface area contributed by atoms with Crippen molar-refractivity contribution < 1.29 is 9.13 Å². The van der Waals surface area contributed by atoms with Crippen LogP contribution in [0, 0.1) is 5.82 Å². The fourth-order valence-electron chi connectivity index (χ4n) is 3.60. The Bertz CT molecular complexity index is 1120. The first-order valence-corrected chi connectivity index (χ1v) is 8.60. The molecule has 0 fully saturated rings. The van der Waals surface area contributed by atoms with Crippen molar-refractivity contribution >= 4 is 16.7 Å². The molecule has 0 bridgehead atoms. The molecule has 0 radical (unpaired) electrons. The summed E-state index contributed by atoms with van der Waals surface area (Å²) in [6.45, 7) is 0. The summed E-state index contributed by atoms with van der Waals surface area (Å²) in [5.74, 6) is 1.40. The first kappa shape index (κ1) is 15.0. The number of nitrogens with one attached hydrogen (secondary N) is 1. The van der Waals surface area contributed by atoms with Gasteiger partial charge in [-0.3, -0.25) is 0 Å². The van der Waals surface area contributed by atoms with Crippen molar-refractivity contribution in [3.63, 3.8) is 0 Å². The number of fused-ring (bicyclic) bond motifs is 2. The summed E-state index contributed by atoms with van der Waals surface area (Å²) in [6.07, 6.45) is 4.18. The SMILES string of the molecule is Fc1ccc(C2=CC(c3c[nH]c4ccccc34)c3ccccc3O2)cc1. The standard InChI is InChI=1S/C23H16FNO/c24-16-11-9-15(10-12-16)23-13-19(18-6-2-4-8-22(18)26-23)20-14-25-21-7-3-1-5-17(20)21/h1-14,19,25H. The monoisotopic (exact) mass is 341 g/mol. The maximum atomic E-state index is 13.3. The molecule has 3 aromatic carbocycles. The van der Waals surface area contributed by atoms with E-state index in [9.17, 15) is 4.39 Å². The number of rotatable bonds is 2. The first-order chi connectivity index (χ1) is 12.8. The highest BCUT2D eigenvalue weighted by Crippen LogP contribution is 2.42. The molecular weight excluding hydrogens is 325 g/mol. The van der Waals surface area contributed by atoms with Gasteiger partial charge in [-0.15, -0.1) is 0 Å². The van der Waals surface area contributed by atoms with E-state index >= 15 is 0 Å². The van der Waals surface area contributed by atoms with Crippen LogP contribution in [-0.4, -0.2) is 4.98 Å². The number of aromatic nitrogens is 1. The highest BCUT2D eigenvalue weighted by Gasteiger charge is 2.25. The van der Waals surface area contributed by atoms with Gasteiger partial charge >= 0.3 is 0 Å². The van der Waals surface area contributed by atoms with Gasteiger partial charge in [0.05, 0.1) is 0 Å². The van der Waals surface area contributed by atoms with Crippen molar-refractivity contribution in [1.29, 1.82) is 0 Å². The summed E-state index contributed by atoms with van der Waals surface area (Å²) >= 11 is 0. The molecule has 1 aromatic heterocycles. The van der Waals surface area contributed by atoms with Crippen LogP contribution in [0.5, 0.6) is 5.75 Å². The number of hydrogen-bond donors (Lipinski definition) is 1. The number of ether oxygens (including phenoxy) is 1. The van der Waals surface area contributed by atoms with E-state index in [2.05, 4.69) is 41.5 Å². The lowest BCUT2D eigenvalue weighted by atomic mass is 9.87. The molecule has 1 aliphatic heterocycles. The summed E-state index contributed by atoms with van der Waals surface area (Å²) in [5, 5.41) is 1.20. The fraction of sp³-hybridized carbons (Fsp3) is 0.0435. The summed E-state index contributed by atoms with van der Waals surface area (Å²) in [6, 6.07) is 22.8. The van der Waals surface area contributed by atoms with E-state index in [-0.39, 0.29) is 11.7 Å². The predicted molar refractivity (Wildman–Crippen MR) is 102 cm³/mol. The van der Waals surface area contributed by atoms with E-state index in [1.807, 2.05) is 24.3 Å². The fourth-order valence-corrected chi connectivity index (χ4v) is 3.60. The number of benzene rings is 3. The number of hydrogen-bond acceptors (Lipinski definition) is 1. The minimum absolute atomic E-state index is 0.0659. The zero-order chi connectivity index (χ0) is 17.5. The normalized spacial score (nSPS) is 16.0. The summed E-state index contributed by atoms with van der Waals surface area (Å²) in [5.41, 5.74) is 4.31. The van der Waals surface area contributed by atoms with Gasteiger partial charge in [0, 0.05) is 34.1 Å². The largest absolute Gasteiger partial charge is 0.457 e. The van der Waals surface area contributed by atoms with Gasteiger partial charge in [-0.2, -0.15) is 0 Å². The summed E-state index contributed by atoms with van der Waals surface area (Å²) < 4.78 is 19.4. The molecule has 1 aliphatic rings. The maximum absolute atomic E-state index is 13.3. The van der Waals surface area contributed by atoms with Crippen molar-refractivity contribution in [3.8, 4) is 5.75 Å². The molecule has 1 N–H and O–H groups in total. The lowest BCUT2D eigenvalue weighted by molar-refractivity contribution is 0.492. The Morgan fingerprint density at radius 2 is 1.58 bits per heavy atom. The van der Waals surface area contributed by atoms with E-state index in [4.69, 9.17) is 4.74 Å². The number of H-pyrrole nitrogens is 1. The lowest BCUT2D eigenvalue weighted by Gasteiger charge is -2.25. The second-order valence-electron chi connectivity index (χ2n) is 6.44. The van der Waals surface area contributed by atoms with Gasteiger partial charge in [0.1, 0.15) is 17.3 Å². The van der Waals surface area contributed by atoms with Gasteiger partial charge in [0.2, 0.25) is 0 Å². The van der Waals surface area contributed by atoms with Crippen LogP contribution in [0.15, 0.2) is 85.1 Å². The Balaban J connectivity index is 1.69. The van der Waals surface area contributed by atoms with Gasteiger partial charge < -0.3 is 9.72 Å². The third-order valence-electron chi connectivity index (χ3n) is 4.88. The van der Waals surface area contributed by atoms with Crippen LogP contribution >= 0.6 is 0 Å². The quantitative estimate of drug-likeness (QED) is 0.484. The van der Waals surface area contributed by atoms with Crippen LogP contribution in [0.25, 0.3) is 16.7 Å². The molecule has 0 saturated heterocycles. The van der Waals surface area contributed by atoms with E-state index in [1.165, 1.54) is 23.1 Å². The second-order valence-corrected chi connectivity index (χ2v) is 6.44. The highest BCUT2D eigenvalue weighted by molar-refractivity contribution is 5.85. The zero-order valence-electron chi connectivity index (χ0n) is 13.9. The van der Waals surface area contributed by atoms with E-state index in [0.717, 1.165) is 28.2 Å². The third kappa shape index (κ3) is 2.40. The van der Waals surface area contributed by atoms with Crippen LogP contribution in [0.2, 0.25) is 0 Å². The predicted octanol–water partition coefficient (Wildman–Crippen LogP) is 5.87. The molecule has 2 nitrogen and oxygen atoms in total. The Labute approximate surface area is 150 Å². The van der Waals surface area contributed by atoms with Crippen molar-refractivity contribution in [2.45, 2.75) is 5.92 Å². The molecule has 1 atom stereocenters. The zero-order valence-corrected chi connectivity index (χ0v) is 13.9. The molecular formula is C23H16FNO. The first-order valence-electron chi connectivity index (χ1n) is 8.60. The lowest BCUT2D eigenvalue weighted by Crippen LogP contribution is -2.10. The molecule has 5 rings (SSSR count). The van der Waals surface area contributed by atoms with Crippen molar-refractivity contribution in [3.05, 3.63) is 108 Å². The number of aromatic amines is 1. The topological polar surface area (TPSA) is 25.0 Å². The molecule has 3 heteroatoms. The van der Waals surface area contributed by atoms with E-state index < -0.39 is 0 Å². The van der Waals surface area contributed by atoms with Crippen molar-refractivity contribution in [2.24, 2.45) is 0 Å². The van der Waals surface area contributed by atoms with Gasteiger partial charge in [-0.1, -0.05) is 36.4 Å². The summed E-state index contributed by atoms with van der Waals surface area (Å²) in [7, 11) is 0. The average molecular weight is 341 g/mol. The van der Waals surface area contributed by atoms with Crippen molar-refractivity contribution in [2.75, 3.05) is 0 Å². The molecule has 0 saturated carbocycles. The van der Waals surface area contributed by atoms with Crippen LogP contribution in [0.4, 0.5) is 4.39 Å². The third-order valence-corrected chi connectivity index (χ3v) is 4.88. The molecule has 0 aliphatic carbocycles. The van der Waals surface area contributed by atoms with Gasteiger partial charge in [0.15, 0.2) is 0 Å². The number of halogens is 1. The Hall–Kier alpha value is -3.33. The highest BCUT2D eigenvalue weighted by atomic mass is 19.1. The van der Waals surface area contributed by atoms with Crippen LogP contribution < -0.4 is 4.74 Å². The smallest absolute Gasteiger partial charge is 0.131 e. The average Bonchev–Trinajstić information content (AvgIpc) is 3.12. The minimum atomic E-state index is -0.251. The Kier molecular flexibility index (Phi) is 3.39. The minimum Gasteiger partial charge on any atom is -0.457 e. The Morgan fingerprint density at radius 3 is 2.46 bits per heavy atom. The molecule has 0 amide bonds. The number of para-hydroxylation sites is 2. The second kappa shape index (κ2) is 5.88. The molecule has 26 heavy (non-hydrogen) atoms. The van der Waals surface area contributed by atoms with Crippen LogP contribution in [0.1, 0.15) is 22.6 Å². The van der Waals surface area contributed by atoms with Gasteiger partial charge in [-0.05, 0) is 48.0 Å². The van der Waals surface area contributed by atoms with Gasteiger partial charge in [-0.25, -0.2) is 4.39 Å². The molecule has 2 heterocycles. The molecule has 4 aromatic rings. The molecule has 0 spiro atoms. The number of allylic oxidation sites excluding steroid dienone is 1. The van der Waals surface area contributed by atoms with Crippen LogP contribution in [-0.2, 0) is 0 Å². The van der Waals surface area contributed by atoms with Gasteiger partial charge in [0.25, 0.3) is 0 Å². The van der Waals surface area contributed by atoms with Crippen LogP contribution in [0.3, 0.4) is 0 Å². The van der Waals surface area contributed by atoms with E-state index in [0.29, 0.717) is 0 Å². The molecule has 1 unspecified atom stereocenters. The Morgan fingerprint density at radius 1 is 0.808 bits per heavy atom. The summed E-state index contributed by atoms with van der Waals surface area (Å²) in [4.78, 5) is 3.36. The molecule has 126 valence electrons. The van der Waals surface area contributed by atoms with Crippen molar-refractivity contribution in [1.82, 2.24) is 4.98 Å². The van der Waals surface area contributed by atoms with E-state index in [1.54, 1.807) is 12.1 Å². The maximum Gasteiger partial charge on any atom is 0.131 e.